The highest BCUT2D eigenvalue weighted by Crippen LogP contribution is 2.28. The predicted molar refractivity (Wildman–Crippen MR) is 76.3 cm³/mol. The fourth-order valence-corrected chi connectivity index (χ4v) is 2.81. The second kappa shape index (κ2) is 5.49. The largest absolute Gasteiger partial charge is 0.506 e. The van der Waals surface area contributed by atoms with Crippen LogP contribution in [0.2, 0.25) is 0 Å². The second-order valence-electron chi connectivity index (χ2n) is 2.87. The maximum atomic E-state index is 10.8. The van der Waals surface area contributed by atoms with E-state index in [0.29, 0.717) is 12.7 Å². The number of phenols is 1. The number of carbonyl (C=O) groups excluding carboxylic acids is 1. The fraction of sp³-hybridized carbons (Fsp3) is 0. The number of halogens is 2. The van der Waals surface area contributed by atoms with E-state index in [2.05, 4.69) is 0 Å². The van der Waals surface area contributed by atoms with Gasteiger partial charge in [0.15, 0.2) is 0 Å². The van der Waals surface area contributed by atoms with Crippen molar-refractivity contribution in [2.24, 2.45) is 5.73 Å². The molecule has 0 spiro atoms. The molecule has 1 amide bonds. The maximum absolute atomic E-state index is 10.8. The number of nitriles is 1. The number of aromatic hydroxyl groups is 1. The van der Waals surface area contributed by atoms with Gasteiger partial charge in [-0.25, -0.2) is 0 Å². The Labute approximate surface area is 119 Å². The summed E-state index contributed by atoms with van der Waals surface area (Å²) >= 11 is 3.94. The summed E-state index contributed by atoms with van der Waals surface area (Å²) in [4.78, 5) is 10.8. The third-order valence-corrected chi connectivity index (χ3v) is 3.38. The van der Waals surface area contributed by atoms with E-state index in [0.717, 1.165) is 0 Å². The van der Waals surface area contributed by atoms with Crippen LogP contribution in [0.25, 0.3) is 6.08 Å². The summed E-state index contributed by atoms with van der Waals surface area (Å²) in [5.41, 5.74) is 5.56. The number of primary amides is 1. The first-order valence-electron chi connectivity index (χ1n) is 4.05. The molecule has 0 unspecified atom stereocenters. The van der Waals surface area contributed by atoms with Crippen LogP contribution in [0.5, 0.6) is 5.75 Å². The topological polar surface area (TPSA) is 87.1 Å². The van der Waals surface area contributed by atoms with Gasteiger partial charge in [0.2, 0.25) is 0 Å². The summed E-state index contributed by atoms with van der Waals surface area (Å²) in [6.45, 7) is 0. The zero-order valence-corrected chi connectivity index (χ0v) is 12.2. The van der Waals surface area contributed by atoms with Crippen LogP contribution in [0.1, 0.15) is 5.56 Å². The lowest BCUT2D eigenvalue weighted by molar-refractivity contribution is -0.114. The quantitative estimate of drug-likeness (QED) is 0.419. The van der Waals surface area contributed by atoms with Crippen LogP contribution >= 0.6 is 45.2 Å². The molecular formula is C10H6I2N2O2. The van der Waals surface area contributed by atoms with Gasteiger partial charge in [0.05, 0.1) is 7.14 Å². The van der Waals surface area contributed by atoms with Crippen LogP contribution in [0.3, 0.4) is 0 Å². The molecule has 0 heterocycles. The highest BCUT2D eigenvalue weighted by atomic mass is 127. The lowest BCUT2D eigenvalue weighted by atomic mass is 10.1. The minimum atomic E-state index is -0.763. The Kier molecular flexibility index (Phi) is 4.55. The zero-order chi connectivity index (χ0) is 12.3. The molecule has 3 N–H and O–H groups in total. The van der Waals surface area contributed by atoms with E-state index in [1.807, 2.05) is 45.2 Å². The molecule has 0 aliphatic rings. The molecule has 0 fully saturated rings. The summed E-state index contributed by atoms with van der Waals surface area (Å²) in [6, 6.07) is 5.05. The second-order valence-corrected chi connectivity index (χ2v) is 5.19. The highest BCUT2D eigenvalue weighted by Gasteiger charge is 2.07. The van der Waals surface area contributed by atoms with Crippen molar-refractivity contribution in [1.82, 2.24) is 0 Å². The Morgan fingerprint density at radius 1 is 1.44 bits per heavy atom. The van der Waals surface area contributed by atoms with Crippen molar-refractivity contribution in [3.8, 4) is 11.8 Å². The van der Waals surface area contributed by atoms with E-state index in [1.165, 1.54) is 6.08 Å². The zero-order valence-electron chi connectivity index (χ0n) is 7.87. The lowest BCUT2D eigenvalue weighted by Gasteiger charge is -2.02. The van der Waals surface area contributed by atoms with Crippen LogP contribution in [0.4, 0.5) is 0 Å². The Hall–Kier alpha value is -0.820. The van der Waals surface area contributed by atoms with Gasteiger partial charge in [0.1, 0.15) is 17.4 Å². The van der Waals surface area contributed by atoms with Gasteiger partial charge >= 0.3 is 0 Å². The van der Waals surface area contributed by atoms with Gasteiger partial charge in [0.25, 0.3) is 5.91 Å². The summed E-state index contributed by atoms with van der Waals surface area (Å²) in [5, 5.41) is 18.2. The molecule has 0 atom stereocenters. The average Bonchev–Trinajstić information content (AvgIpc) is 2.21. The molecule has 4 nitrogen and oxygen atoms in total. The Bertz CT molecular complexity index is 495. The van der Waals surface area contributed by atoms with Gasteiger partial charge < -0.3 is 10.8 Å². The summed E-state index contributed by atoms with van der Waals surface area (Å²) in [6.07, 6.45) is 1.39. The maximum Gasteiger partial charge on any atom is 0.259 e. The standard InChI is InChI=1S/C10H6I2N2O2/c11-7-2-5(3-8(12)9(7)15)1-6(4-13)10(14)16/h1-3,15H,(H2,14,16)/b6-1+. The molecule has 82 valence electrons. The average molecular weight is 440 g/mol. The number of amides is 1. The number of rotatable bonds is 2. The van der Waals surface area contributed by atoms with E-state index >= 15 is 0 Å². The first-order valence-corrected chi connectivity index (χ1v) is 6.21. The predicted octanol–water partition coefficient (Wildman–Crippen LogP) is 1.99. The van der Waals surface area contributed by atoms with E-state index in [9.17, 15) is 9.90 Å². The SMILES string of the molecule is N#C/C(=C\c1cc(I)c(O)c(I)c1)C(N)=O. The molecule has 6 heteroatoms. The minimum absolute atomic E-state index is 0.114. The molecule has 0 aliphatic carbocycles. The van der Waals surface area contributed by atoms with Crippen molar-refractivity contribution in [3.05, 3.63) is 30.4 Å². The molecule has 16 heavy (non-hydrogen) atoms. The van der Waals surface area contributed by atoms with Gasteiger partial charge in [-0.1, -0.05) is 0 Å². The summed E-state index contributed by atoms with van der Waals surface area (Å²) in [5.74, 6) is -0.573. The Balaban J connectivity index is 3.27. The van der Waals surface area contributed by atoms with Crippen molar-refractivity contribution in [1.29, 1.82) is 5.26 Å². The Morgan fingerprint density at radius 2 is 1.94 bits per heavy atom. The number of phenolic OH excluding ortho intramolecular Hbond substituents is 1. The van der Waals surface area contributed by atoms with E-state index in [4.69, 9.17) is 11.0 Å². The molecule has 0 saturated heterocycles. The third kappa shape index (κ3) is 3.08. The van der Waals surface area contributed by atoms with Gasteiger partial charge in [-0.15, -0.1) is 0 Å². The van der Waals surface area contributed by atoms with Gasteiger partial charge in [-0.05, 0) is 69.0 Å². The lowest BCUT2D eigenvalue weighted by Crippen LogP contribution is -2.12. The number of nitrogens with zero attached hydrogens (tertiary/aromatic N) is 1. The normalized spacial score (nSPS) is 10.9. The van der Waals surface area contributed by atoms with Crippen molar-refractivity contribution < 1.29 is 9.90 Å². The van der Waals surface area contributed by atoms with Crippen LogP contribution in [-0.2, 0) is 4.79 Å². The van der Waals surface area contributed by atoms with Crippen LogP contribution in [0.15, 0.2) is 17.7 Å². The first-order chi connectivity index (χ1) is 7.45. The number of hydrogen-bond acceptors (Lipinski definition) is 3. The van der Waals surface area contributed by atoms with Crippen LogP contribution < -0.4 is 5.73 Å². The molecule has 0 saturated carbocycles. The number of nitrogens with two attached hydrogens (primary N) is 1. The smallest absolute Gasteiger partial charge is 0.259 e. The third-order valence-electron chi connectivity index (χ3n) is 1.74. The fourth-order valence-electron chi connectivity index (χ4n) is 0.994. The Morgan fingerprint density at radius 3 is 2.31 bits per heavy atom. The van der Waals surface area contributed by atoms with E-state index in [1.54, 1.807) is 18.2 Å². The first kappa shape index (κ1) is 13.2. The van der Waals surface area contributed by atoms with Gasteiger partial charge in [-0.3, -0.25) is 4.79 Å². The molecule has 0 bridgehead atoms. The highest BCUT2D eigenvalue weighted by molar-refractivity contribution is 14.1. The van der Waals surface area contributed by atoms with E-state index in [-0.39, 0.29) is 11.3 Å². The minimum Gasteiger partial charge on any atom is -0.506 e. The number of benzene rings is 1. The molecule has 0 aromatic heterocycles. The van der Waals surface area contributed by atoms with Crippen molar-refractivity contribution in [2.75, 3.05) is 0 Å². The van der Waals surface area contributed by atoms with E-state index < -0.39 is 5.91 Å². The summed E-state index contributed by atoms with van der Waals surface area (Å²) < 4.78 is 1.30. The van der Waals surface area contributed by atoms with Crippen molar-refractivity contribution >= 4 is 57.2 Å². The molecule has 1 aromatic carbocycles. The molecule has 1 aromatic rings. The van der Waals surface area contributed by atoms with Crippen molar-refractivity contribution in [2.45, 2.75) is 0 Å². The summed E-state index contributed by atoms with van der Waals surface area (Å²) in [7, 11) is 0. The molecule has 0 aliphatic heterocycles. The van der Waals surface area contributed by atoms with Crippen molar-refractivity contribution in [3.63, 3.8) is 0 Å². The number of carbonyl (C=O) groups is 1. The molecule has 1 rings (SSSR count). The monoisotopic (exact) mass is 440 g/mol. The van der Waals surface area contributed by atoms with Crippen LogP contribution in [0, 0.1) is 18.5 Å². The molecular weight excluding hydrogens is 434 g/mol. The van der Waals surface area contributed by atoms with Crippen LogP contribution in [-0.4, -0.2) is 11.0 Å². The molecule has 0 radical (unpaired) electrons. The van der Waals surface area contributed by atoms with Gasteiger partial charge in [-0.2, -0.15) is 5.26 Å². The number of hydrogen-bond donors (Lipinski definition) is 2. The van der Waals surface area contributed by atoms with Gasteiger partial charge in [0, 0.05) is 0 Å².